The summed E-state index contributed by atoms with van der Waals surface area (Å²) in [5.74, 6) is 0.449. The second kappa shape index (κ2) is 6.54. The summed E-state index contributed by atoms with van der Waals surface area (Å²) in [5, 5.41) is 0. The molecule has 0 aromatic heterocycles. The molecule has 5 heteroatoms. The van der Waals surface area contributed by atoms with Gasteiger partial charge in [-0.05, 0) is 25.3 Å². The van der Waals surface area contributed by atoms with Crippen LogP contribution in [0.1, 0.15) is 26.7 Å². The van der Waals surface area contributed by atoms with Gasteiger partial charge in [0.05, 0.1) is 6.10 Å². The first-order chi connectivity index (χ1) is 5.56. The van der Waals surface area contributed by atoms with Crippen LogP contribution in [0.3, 0.4) is 0 Å². The first kappa shape index (κ1) is 12.0. The fourth-order valence-corrected chi connectivity index (χ4v) is 1.44. The van der Waals surface area contributed by atoms with E-state index in [2.05, 4.69) is 0 Å². The van der Waals surface area contributed by atoms with Gasteiger partial charge in [0.1, 0.15) is 0 Å². The average Bonchev–Trinajstić information content (AvgIpc) is 1.84. The summed E-state index contributed by atoms with van der Waals surface area (Å²) in [5.41, 5.74) is 5.32. The molecule has 0 aliphatic heterocycles. The van der Waals surface area contributed by atoms with Crippen molar-refractivity contribution in [3.8, 4) is 0 Å². The topological polar surface area (TPSA) is 72.5 Å². The van der Waals surface area contributed by atoms with Gasteiger partial charge >= 0.3 is 11.4 Å². The summed E-state index contributed by atoms with van der Waals surface area (Å²) in [6.45, 7) is 4.55. The summed E-state index contributed by atoms with van der Waals surface area (Å²) in [6.07, 6.45) is 1.20. The van der Waals surface area contributed by atoms with Crippen LogP contribution in [0.25, 0.3) is 0 Å². The first-order valence-electron chi connectivity index (χ1n) is 4.04. The van der Waals surface area contributed by atoms with Gasteiger partial charge in [0.25, 0.3) is 0 Å². The lowest BCUT2D eigenvalue weighted by Crippen LogP contribution is -2.20. The van der Waals surface area contributed by atoms with E-state index in [1.165, 1.54) is 0 Å². The minimum Gasteiger partial charge on any atom is -0.330 e. The smallest absolute Gasteiger partial charge is 0.302 e. The maximum absolute atomic E-state index is 10.3. The summed E-state index contributed by atoms with van der Waals surface area (Å²) >= 11 is -2.17. The van der Waals surface area contributed by atoms with Crippen LogP contribution in [0.4, 0.5) is 0 Å². The molecule has 0 aromatic rings. The van der Waals surface area contributed by atoms with E-state index in [-0.39, 0.29) is 6.10 Å². The molecule has 74 valence electrons. The van der Waals surface area contributed by atoms with Crippen LogP contribution in [0.15, 0.2) is 0 Å². The van der Waals surface area contributed by atoms with Gasteiger partial charge in [-0.3, -0.25) is 8.74 Å². The second-order valence-corrected chi connectivity index (χ2v) is 3.77. The minimum absolute atomic E-state index is 0.194. The summed E-state index contributed by atoms with van der Waals surface area (Å²) in [4.78, 5) is 0. The molecule has 0 spiro atoms. The Balaban J connectivity index is 3.77. The molecule has 0 aliphatic rings. The standard InChI is InChI=1S/C7H17NO3S/c1-6(2)5-7(3-4-8)11-12(9)10/h6-7H,3-5,8H2,1-2H3,(H,9,10). The van der Waals surface area contributed by atoms with Gasteiger partial charge in [0.15, 0.2) is 0 Å². The molecular formula is C7H17NO3S. The molecule has 12 heavy (non-hydrogen) atoms. The fraction of sp³-hybridized carbons (Fsp3) is 1.00. The van der Waals surface area contributed by atoms with Crippen LogP contribution < -0.4 is 5.73 Å². The lowest BCUT2D eigenvalue weighted by molar-refractivity contribution is 0.170. The molecule has 0 aromatic carbocycles. The van der Waals surface area contributed by atoms with E-state index < -0.39 is 11.4 Å². The van der Waals surface area contributed by atoms with E-state index in [1.54, 1.807) is 0 Å². The van der Waals surface area contributed by atoms with Gasteiger partial charge in [-0.1, -0.05) is 13.8 Å². The molecule has 0 fully saturated rings. The predicted octanol–water partition coefficient (Wildman–Crippen LogP) is 0.903. The van der Waals surface area contributed by atoms with Crippen LogP contribution in [0.5, 0.6) is 0 Å². The van der Waals surface area contributed by atoms with Gasteiger partial charge in [-0.2, -0.15) is 4.21 Å². The highest BCUT2D eigenvalue weighted by Gasteiger charge is 2.13. The Kier molecular flexibility index (Phi) is 6.55. The SMILES string of the molecule is CC(C)CC(CCN)OS(=O)O. The number of nitrogens with two attached hydrogens (primary N) is 1. The van der Waals surface area contributed by atoms with Crippen molar-refractivity contribution in [2.45, 2.75) is 32.8 Å². The van der Waals surface area contributed by atoms with Crippen molar-refractivity contribution in [3.05, 3.63) is 0 Å². The lowest BCUT2D eigenvalue weighted by Gasteiger charge is -2.15. The van der Waals surface area contributed by atoms with Gasteiger partial charge < -0.3 is 5.73 Å². The number of rotatable bonds is 6. The molecule has 4 nitrogen and oxygen atoms in total. The highest BCUT2D eigenvalue weighted by molar-refractivity contribution is 7.74. The van der Waals surface area contributed by atoms with Crippen molar-refractivity contribution >= 4 is 11.4 Å². The van der Waals surface area contributed by atoms with Crippen molar-refractivity contribution in [2.24, 2.45) is 11.7 Å². The molecule has 0 bridgehead atoms. The molecule has 0 rings (SSSR count). The highest BCUT2D eigenvalue weighted by Crippen LogP contribution is 2.11. The van der Waals surface area contributed by atoms with E-state index in [0.29, 0.717) is 18.9 Å². The van der Waals surface area contributed by atoms with E-state index >= 15 is 0 Å². The molecule has 0 radical (unpaired) electrons. The maximum Gasteiger partial charge on any atom is 0.302 e. The third-order valence-electron chi connectivity index (χ3n) is 1.44. The summed E-state index contributed by atoms with van der Waals surface area (Å²) < 4.78 is 23.5. The normalized spacial score (nSPS) is 16.4. The largest absolute Gasteiger partial charge is 0.330 e. The number of hydrogen-bond acceptors (Lipinski definition) is 3. The third-order valence-corrected chi connectivity index (χ3v) is 1.88. The Morgan fingerprint density at radius 2 is 2.17 bits per heavy atom. The van der Waals surface area contributed by atoms with E-state index in [0.717, 1.165) is 6.42 Å². The fourth-order valence-electron chi connectivity index (χ4n) is 1.03. The van der Waals surface area contributed by atoms with Gasteiger partial charge in [-0.25, -0.2) is 0 Å². The molecule has 3 N–H and O–H groups in total. The van der Waals surface area contributed by atoms with Crippen LogP contribution in [-0.2, 0) is 15.5 Å². The predicted molar refractivity (Wildman–Crippen MR) is 48.8 cm³/mol. The molecule has 0 heterocycles. The molecular weight excluding hydrogens is 178 g/mol. The average molecular weight is 195 g/mol. The van der Waals surface area contributed by atoms with E-state index in [1.807, 2.05) is 13.8 Å². The Labute approximate surface area is 76.0 Å². The Bertz CT molecular complexity index is 141. The maximum atomic E-state index is 10.3. The van der Waals surface area contributed by atoms with Crippen molar-refractivity contribution < 1.29 is 12.9 Å². The van der Waals surface area contributed by atoms with Gasteiger partial charge in [0.2, 0.25) is 0 Å². The molecule has 2 unspecified atom stereocenters. The second-order valence-electron chi connectivity index (χ2n) is 3.14. The molecule has 2 atom stereocenters. The summed E-state index contributed by atoms with van der Waals surface area (Å²) in [7, 11) is 0. The van der Waals surface area contributed by atoms with Crippen molar-refractivity contribution in [1.82, 2.24) is 0 Å². The van der Waals surface area contributed by atoms with Gasteiger partial charge in [0, 0.05) is 0 Å². The van der Waals surface area contributed by atoms with Crippen LogP contribution in [-0.4, -0.2) is 21.4 Å². The van der Waals surface area contributed by atoms with Crippen LogP contribution in [0.2, 0.25) is 0 Å². The Morgan fingerprint density at radius 3 is 2.50 bits per heavy atom. The third kappa shape index (κ3) is 6.72. The first-order valence-corrected chi connectivity index (χ1v) is 5.07. The van der Waals surface area contributed by atoms with E-state index in [4.69, 9.17) is 14.5 Å². The van der Waals surface area contributed by atoms with Crippen LogP contribution >= 0.6 is 0 Å². The number of hydrogen-bond donors (Lipinski definition) is 2. The van der Waals surface area contributed by atoms with E-state index in [9.17, 15) is 4.21 Å². The zero-order valence-corrected chi connectivity index (χ0v) is 8.34. The molecule has 0 amide bonds. The van der Waals surface area contributed by atoms with Crippen LogP contribution in [0, 0.1) is 5.92 Å². The minimum atomic E-state index is -2.17. The van der Waals surface area contributed by atoms with Crippen molar-refractivity contribution in [2.75, 3.05) is 6.54 Å². The molecule has 0 saturated heterocycles. The quantitative estimate of drug-likeness (QED) is 0.618. The lowest BCUT2D eigenvalue weighted by atomic mass is 10.0. The van der Waals surface area contributed by atoms with Gasteiger partial charge in [-0.15, -0.1) is 0 Å². The highest BCUT2D eigenvalue weighted by atomic mass is 32.2. The molecule has 0 saturated carbocycles. The zero-order valence-electron chi connectivity index (χ0n) is 7.53. The monoisotopic (exact) mass is 195 g/mol. The Morgan fingerprint density at radius 1 is 1.58 bits per heavy atom. The molecule has 0 aliphatic carbocycles. The van der Waals surface area contributed by atoms with Crippen molar-refractivity contribution in [1.29, 1.82) is 0 Å². The summed E-state index contributed by atoms with van der Waals surface area (Å²) in [6, 6.07) is 0. The zero-order chi connectivity index (χ0) is 9.56. The van der Waals surface area contributed by atoms with Crippen molar-refractivity contribution in [3.63, 3.8) is 0 Å². The Hall–Kier alpha value is 0.0300.